The Balaban J connectivity index is 0.000000180. The molecule has 0 radical (unpaired) electrons. The third-order valence-electron chi connectivity index (χ3n) is 0.644. The predicted octanol–water partition coefficient (Wildman–Crippen LogP) is 1.37. The lowest BCUT2D eigenvalue weighted by Crippen LogP contribution is -1.90. The van der Waals surface area contributed by atoms with Crippen LogP contribution in [0.25, 0.3) is 0 Å². The minimum absolute atomic E-state index is 1.44. The summed E-state index contributed by atoms with van der Waals surface area (Å²) in [7, 11) is 1.44. The van der Waals surface area contributed by atoms with Gasteiger partial charge < -0.3 is 0 Å². The van der Waals surface area contributed by atoms with Crippen molar-refractivity contribution in [2.45, 2.75) is 0 Å². The average Bonchev–Trinajstić information content (AvgIpc) is 2.08. The molecule has 1 N–H and O–H groups in total. The van der Waals surface area contributed by atoms with Crippen molar-refractivity contribution < 1.29 is 4.84 Å². The molecule has 0 saturated carbocycles. The zero-order valence-corrected chi connectivity index (χ0v) is 6.38. The second-order valence-electron chi connectivity index (χ2n) is 1.31. The van der Waals surface area contributed by atoms with Gasteiger partial charge in [-0.3, -0.25) is 9.82 Å². The molecule has 1 aromatic rings. The molecule has 0 aliphatic heterocycles. The molecule has 0 atom stereocenters. The molecular weight excluding hydrogens is 152 g/mol. The van der Waals surface area contributed by atoms with Crippen LogP contribution in [0, 0.1) is 0 Å². The van der Waals surface area contributed by atoms with Gasteiger partial charge in [-0.25, -0.2) is 0 Å². The normalized spacial score (nSPS) is 7.80. The number of halogens is 1. The van der Waals surface area contributed by atoms with E-state index in [1.54, 1.807) is 12.4 Å². The lowest BCUT2D eigenvalue weighted by atomic mass is 10.5. The van der Waals surface area contributed by atoms with E-state index in [1.165, 1.54) is 7.11 Å². The molecule has 1 aromatic heterocycles. The van der Waals surface area contributed by atoms with Gasteiger partial charge in [0.25, 0.3) is 0 Å². The van der Waals surface area contributed by atoms with Gasteiger partial charge in [0.2, 0.25) is 0 Å². The Morgan fingerprint density at radius 2 is 1.80 bits per heavy atom. The number of hydrogen-bond donors (Lipinski definition) is 1. The maximum atomic E-state index is 4.71. The molecule has 10 heavy (non-hydrogen) atoms. The van der Waals surface area contributed by atoms with Crippen molar-refractivity contribution >= 4 is 11.8 Å². The van der Waals surface area contributed by atoms with Crippen molar-refractivity contribution in [2.24, 2.45) is 0 Å². The summed E-state index contributed by atoms with van der Waals surface area (Å²) in [6.07, 6.45) is 3.50. The number of hydrogen-bond acceptors (Lipinski definition) is 3. The number of aromatic nitrogens is 1. The van der Waals surface area contributed by atoms with Crippen LogP contribution in [0.1, 0.15) is 0 Å². The van der Waals surface area contributed by atoms with Gasteiger partial charge >= 0.3 is 0 Å². The van der Waals surface area contributed by atoms with Crippen LogP contribution in [-0.4, -0.2) is 12.1 Å². The van der Waals surface area contributed by atoms with Crippen molar-refractivity contribution in [1.82, 2.24) is 9.98 Å². The number of rotatable bonds is 1. The maximum absolute atomic E-state index is 4.71. The van der Waals surface area contributed by atoms with E-state index in [-0.39, 0.29) is 0 Å². The lowest BCUT2D eigenvalue weighted by Gasteiger charge is -1.76. The molecule has 1 heterocycles. The van der Waals surface area contributed by atoms with E-state index in [2.05, 4.69) is 9.82 Å². The first kappa shape index (κ1) is 9.36. The number of nitrogens with zero attached hydrogens (tertiary/aromatic N) is 1. The van der Waals surface area contributed by atoms with Crippen LogP contribution in [0.4, 0.5) is 0 Å². The summed E-state index contributed by atoms with van der Waals surface area (Å²) in [6, 6.07) is 5.72. The molecule has 0 aromatic carbocycles. The summed E-state index contributed by atoms with van der Waals surface area (Å²) in [4.78, 5) is 9.74. The molecule has 0 fully saturated rings. The third-order valence-corrected chi connectivity index (χ3v) is 0.798. The molecule has 0 bridgehead atoms. The highest BCUT2D eigenvalue weighted by Crippen LogP contribution is 1.73. The Kier molecular flexibility index (Phi) is 7.82. The average molecular weight is 161 g/mol. The standard InChI is InChI=1S/C5H5N.CH4ClNO/c1-2-4-6-5-3-1;1-4-3-2/h1-5H;3H,1H3. The van der Waals surface area contributed by atoms with Crippen LogP contribution in [0.5, 0.6) is 0 Å². The fourth-order valence-electron chi connectivity index (χ4n) is 0.313. The van der Waals surface area contributed by atoms with Crippen molar-refractivity contribution in [3.63, 3.8) is 0 Å². The second kappa shape index (κ2) is 8.36. The molecule has 0 unspecified atom stereocenters. The SMILES string of the molecule is CONCl.c1ccncc1. The van der Waals surface area contributed by atoms with Crippen molar-refractivity contribution in [3.8, 4) is 0 Å². The highest BCUT2D eigenvalue weighted by atomic mass is 35.5. The summed E-state index contributed by atoms with van der Waals surface area (Å²) in [5, 5.41) is 0. The monoisotopic (exact) mass is 160 g/mol. The van der Waals surface area contributed by atoms with E-state index in [0.29, 0.717) is 0 Å². The van der Waals surface area contributed by atoms with Gasteiger partial charge in [0, 0.05) is 24.2 Å². The fourth-order valence-corrected chi connectivity index (χ4v) is 0.313. The molecule has 0 aliphatic rings. The smallest absolute Gasteiger partial charge is 0.0587 e. The van der Waals surface area contributed by atoms with Crippen LogP contribution in [0.2, 0.25) is 0 Å². The van der Waals surface area contributed by atoms with E-state index in [4.69, 9.17) is 11.8 Å². The van der Waals surface area contributed by atoms with Gasteiger partial charge in [0.15, 0.2) is 0 Å². The zero-order valence-electron chi connectivity index (χ0n) is 5.62. The Morgan fingerprint density at radius 3 is 1.90 bits per heavy atom. The molecular formula is C6H9ClN2O. The first-order valence-electron chi connectivity index (χ1n) is 2.65. The minimum Gasteiger partial charge on any atom is -0.290 e. The first-order chi connectivity index (χ1) is 4.91. The van der Waals surface area contributed by atoms with Gasteiger partial charge in [0.1, 0.15) is 0 Å². The van der Waals surface area contributed by atoms with Crippen molar-refractivity contribution in [2.75, 3.05) is 7.11 Å². The lowest BCUT2D eigenvalue weighted by molar-refractivity contribution is 0.157. The first-order valence-corrected chi connectivity index (χ1v) is 3.03. The molecule has 0 amide bonds. The van der Waals surface area contributed by atoms with Crippen LogP contribution in [0.3, 0.4) is 0 Å². The number of nitrogens with one attached hydrogen (secondary N) is 1. The zero-order chi connectivity index (χ0) is 7.66. The highest BCUT2D eigenvalue weighted by Gasteiger charge is 1.58. The van der Waals surface area contributed by atoms with E-state index in [9.17, 15) is 0 Å². The molecule has 3 nitrogen and oxygen atoms in total. The molecule has 56 valence electrons. The molecule has 1 rings (SSSR count). The van der Waals surface area contributed by atoms with Gasteiger partial charge in [0.05, 0.1) is 7.11 Å². The summed E-state index contributed by atoms with van der Waals surface area (Å²) < 4.78 is 0. The van der Waals surface area contributed by atoms with Crippen LogP contribution in [-0.2, 0) is 4.84 Å². The van der Waals surface area contributed by atoms with Gasteiger partial charge in [-0.2, -0.15) is 0 Å². The van der Waals surface area contributed by atoms with E-state index in [0.717, 1.165) is 0 Å². The van der Waals surface area contributed by atoms with Crippen LogP contribution in [0.15, 0.2) is 30.6 Å². The van der Waals surface area contributed by atoms with Crippen LogP contribution < -0.4 is 5.00 Å². The summed E-state index contributed by atoms with van der Waals surface area (Å²) in [5.74, 6) is 0. The minimum atomic E-state index is 1.44. The Bertz CT molecular complexity index is 108. The van der Waals surface area contributed by atoms with E-state index < -0.39 is 0 Å². The summed E-state index contributed by atoms with van der Waals surface area (Å²) in [5.41, 5.74) is 0. The number of pyridine rings is 1. The van der Waals surface area contributed by atoms with Crippen LogP contribution >= 0.6 is 11.8 Å². The van der Waals surface area contributed by atoms with Gasteiger partial charge in [-0.15, -0.1) is 5.00 Å². The van der Waals surface area contributed by atoms with Gasteiger partial charge in [-0.05, 0) is 12.1 Å². The maximum Gasteiger partial charge on any atom is 0.0587 e. The third kappa shape index (κ3) is 7.36. The van der Waals surface area contributed by atoms with Gasteiger partial charge in [-0.1, -0.05) is 6.07 Å². The second-order valence-corrected chi connectivity index (χ2v) is 1.46. The molecule has 0 saturated heterocycles. The topological polar surface area (TPSA) is 34.1 Å². The fraction of sp³-hybridized carbons (Fsp3) is 0.167. The molecule has 0 aliphatic carbocycles. The predicted molar refractivity (Wildman–Crippen MR) is 40.2 cm³/mol. The Hall–Kier alpha value is -0.640. The Morgan fingerprint density at radius 1 is 1.30 bits per heavy atom. The summed E-state index contributed by atoms with van der Waals surface area (Å²) >= 11 is 4.71. The van der Waals surface area contributed by atoms with Crippen molar-refractivity contribution in [3.05, 3.63) is 30.6 Å². The molecule has 0 spiro atoms. The quantitative estimate of drug-likeness (QED) is 0.498. The molecule has 4 heteroatoms. The largest absolute Gasteiger partial charge is 0.290 e. The van der Waals surface area contributed by atoms with E-state index >= 15 is 0 Å². The Labute approximate surface area is 65.1 Å². The highest BCUT2D eigenvalue weighted by molar-refractivity contribution is 6.12. The summed E-state index contributed by atoms with van der Waals surface area (Å²) in [6.45, 7) is 0. The van der Waals surface area contributed by atoms with Crippen molar-refractivity contribution in [1.29, 1.82) is 0 Å². The van der Waals surface area contributed by atoms with E-state index in [1.807, 2.05) is 23.2 Å².